The molecule has 0 aromatic heterocycles. The average Bonchev–Trinajstić information content (AvgIpc) is 2.83. The summed E-state index contributed by atoms with van der Waals surface area (Å²) in [5.41, 5.74) is 3.16. The fourth-order valence-corrected chi connectivity index (χ4v) is 4.61. The Morgan fingerprint density at radius 1 is 0.909 bits per heavy atom. The van der Waals surface area contributed by atoms with Gasteiger partial charge < -0.3 is 10.1 Å². The minimum absolute atomic E-state index is 0.0999. The number of sulfonamides is 1. The molecule has 0 unspecified atom stereocenters. The maximum atomic E-state index is 13.4. The van der Waals surface area contributed by atoms with Crippen LogP contribution in [-0.4, -0.2) is 33.9 Å². The number of rotatable bonds is 8. The Hall–Kier alpha value is -3.65. The van der Waals surface area contributed by atoms with Crippen LogP contribution in [0, 0.1) is 6.92 Å². The van der Waals surface area contributed by atoms with Crippen molar-refractivity contribution in [1.29, 1.82) is 0 Å². The van der Waals surface area contributed by atoms with Gasteiger partial charge in [0.1, 0.15) is 6.54 Å². The maximum absolute atomic E-state index is 13.4. The van der Waals surface area contributed by atoms with Crippen molar-refractivity contribution in [1.82, 2.24) is 0 Å². The molecule has 0 aliphatic rings. The van der Waals surface area contributed by atoms with Crippen LogP contribution in [0.5, 0.6) is 0 Å². The highest BCUT2D eigenvalue weighted by atomic mass is 32.2. The van der Waals surface area contributed by atoms with Crippen molar-refractivity contribution in [3.05, 3.63) is 89.5 Å². The molecule has 172 valence electrons. The van der Waals surface area contributed by atoms with Gasteiger partial charge in [0.2, 0.25) is 5.91 Å². The molecule has 0 heterocycles. The van der Waals surface area contributed by atoms with Gasteiger partial charge in [0.15, 0.2) is 0 Å². The number of nitrogens with one attached hydrogen (secondary N) is 1. The Labute approximate surface area is 194 Å². The molecule has 3 aromatic rings. The van der Waals surface area contributed by atoms with Gasteiger partial charge in [-0.3, -0.25) is 9.10 Å². The highest BCUT2D eigenvalue weighted by Gasteiger charge is 2.27. The second kappa shape index (κ2) is 10.3. The smallest absolute Gasteiger partial charge is 0.337 e. The van der Waals surface area contributed by atoms with E-state index in [0.29, 0.717) is 16.9 Å². The molecule has 0 saturated heterocycles. The Bertz CT molecular complexity index is 1220. The van der Waals surface area contributed by atoms with Crippen molar-refractivity contribution in [2.24, 2.45) is 0 Å². The van der Waals surface area contributed by atoms with Crippen molar-refractivity contribution in [3.63, 3.8) is 0 Å². The number of aryl methyl sites for hydroxylation is 2. The van der Waals surface area contributed by atoms with E-state index < -0.39 is 28.4 Å². The molecule has 0 bridgehead atoms. The van der Waals surface area contributed by atoms with Gasteiger partial charge >= 0.3 is 5.97 Å². The van der Waals surface area contributed by atoms with Gasteiger partial charge in [-0.1, -0.05) is 36.8 Å². The third kappa shape index (κ3) is 5.78. The van der Waals surface area contributed by atoms with Gasteiger partial charge in [0, 0.05) is 5.69 Å². The van der Waals surface area contributed by atoms with Crippen LogP contribution in [0.15, 0.2) is 77.7 Å². The van der Waals surface area contributed by atoms with Crippen molar-refractivity contribution in [2.75, 3.05) is 23.3 Å². The molecular weight excluding hydrogens is 440 g/mol. The Morgan fingerprint density at radius 3 is 2.06 bits per heavy atom. The fourth-order valence-electron chi connectivity index (χ4n) is 3.19. The quantitative estimate of drug-likeness (QED) is 0.503. The van der Waals surface area contributed by atoms with E-state index in [1.807, 2.05) is 26.0 Å². The summed E-state index contributed by atoms with van der Waals surface area (Å²) in [6.07, 6.45) is 0.813. The highest BCUT2D eigenvalue weighted by Crippen LogP contribution is 2.25. The van der Waals surface area contributed by atoms with Gasteiger partial charge in [-0.25, -0.2) is 13.2 Å². The average molecular weight is 467 g/mol. The number of benzene rings is 3. The zero-order valence-electron chi connectivity index (χ0n) is 18.7. The van der Waals surface area contributed by atoms with Crippen LogP contribution < -0.4 is 9.62 Å². The zero-order chi connectivity index (χ0) is 24.0. The molecule has 8 heteroatoms. The second-order valence-electron chi connectivity index (χ2n) is 7.46. The molecule has 0 radical (unpaired) electrons. The lowest BCUT2D eigenvalue weighted by atomic mass is 10.1. The van der Waals surface area contributed by atoms with Crippen LogP contribution in [0.1, 0.15) is 28.4 Å². The standard InChI is InChI=1S/C25H26N2O5S/c1-4-19-7-13-22(14-8-19)27(33(30,31)23-15-5-18(2)6-16-23)17-24(28)26-21-11-9-20(10-12-21)25(29)32-3/h5-16H,4,17H2,1-3H3,(H,26,28). The van der Waals surface area contributed by atoms with Crippen LogP contribution in [0.25, 0.3) is 0 Å². The number of amides is 1. The summed E-state index contributed by atoms with van der Waals surface area (Å²) in [5, 5.41) is 2.68. The van der Waals surface area contributed by atoms with Gasteiger partial charge in [-0.2, -0.15) is 0 Å². The molecule has 0 atom stereocenters. The molecule has 33 heavy (non-hydrogen) atoms. The fraction of sp³-hybridized carbons (Fsp3) is 0.200. The third-order valence-electron chi connectivity index (χ3n) is 5.12. The van der Waals surface area contributed by atoms with E-state index in [9.17, 15) is 18.0 Å². The maximum Gasteiger partial charge on any atom is 0.337 e. The molecule has 3 aromatic carbocycles. The van der Waals surface area contributed by atoms with Crippen LogP contribution in [-0.2, 0) is 26.0 Å². The van der Waals surface area contributed by atoms with Gasteiger partial charge in [0.25, 0.3) is 10.0 Å². The molecule has 3 rings (SSSR count). The zero-order valence-corrected chi connectivity index (χ0v) is 19.6. The van der Waals surface area contributed by atoms with Crippen molar-refractivity contribution in [3.8, 4) is 0 Å². The van der Waals surface area contributed by atoms with Gasteiger partial charge in [0.05, 0.1) is 23.3 Å². The molecule has 0 aliphatic carbocycles. The number of esters is 1. The molecule has 1 N–H and O–H groups in total. The van der Waals surface area contributed by atoms with Crippen LogP contribution >= 0.6 is 0 Å². The van der Waals surface area contributed by atoms with E-state index in [2.05, 4.69) is 10.1 Å². The van der Waals surface area contributed by atoms with E-state index in [1.54, 1.807) is 36.4 Å². The topological polar surface area (TPSA) is 92.8 Å². The molecular formula is C25H26N2O5S. The van der Waals surface area contributed by atoms with E-state index >= 15 is 0 Å². The molecule has 0 saturated carbocycles. The summed E-state index contributed by atoms with van der Waals surface area (Å²) in [7, 11) is -2.70. The lowest BCUT2D eigenvalue weighted by molar-refractivity contribution is -0.114. The summed E-state index contributed by atoms with van der Waals surface area (Å²) in [4.78, 5) is 24.5. The van der Waals surface area contributed by atoms with E-state index in [4.69, 9.17) is 0 Å². The van der Waals surface area contributed by atoms with E-state index in [-0.39, 0.29) is 4.90 Å². The monoisotopic (exact) mass is 466 g/mol. The van der Waals surface area contributed by atoms with Crippen molar-refractivity contribution >= 4 is 33.3 Å². The molecule has 0 fully saturated rings. The number of methoxy groups -OCH3 is 1. The number of nitrogens with zero attached hydrogens (tertiary/aromatic N) is 1. The normalized spacial score (nSPS) is 11.0. The first kappa shape index (κ1) is 24.0. The number of carbonyl (C=O) groups is 2. The number of carbonyl (C=O) groups excluding carboxylic acids is 2. The Morgan fingerprint density at radius 2 is 1.52 bits per heavy atom. The number of hydrogen-bond acceptors (Lipinski definition) is 5. The molecule has 0 spiro atoms. The highest BCUT2D eigenvalue weighted by molar-refractivity contribution is 7.92. The first-order valence-corrected chi connectivity index (χ1v) is 11.8. The van der Waals surface area contributed by atoms with E-state index in [1.165, 1.54) is 31.4 Å². The largest absolute Gasteiger partial charge is 0.465 e. The Balaban J connectivity index is 1.88. The number of hydrogen-bond donors (Lipinski definition) is 1. The lowest BCUT2D eigenvalue weighted by Crippen LogP contribution is -2.38. The van der Waals surface area contributed by atoms with E-state index in [0.717, 1.165) is 21.9 Å². The minimum atomic E-state index is -3.99. The first-order chi connectivity index (χ1) is 15.7. The second-order valence-corrected chi connectivity index (χ2v) is 9.32. The summed E-state index contributed by atoms with van der Waals surface area (Å²) in [6, 6.07) is 19.7. The van der Waals surface area contributed by atoms with Crippen LogP contribution in [0.4, 0.5) is 11.4 Å². The predicted octanol–water partition coefficient (Wildman–Crippen LogP) is 4.18. The predicted molar refractivity (Wildman–Crippen MR) is 128 cm³/mol. The van der Waals surface area contributed by atoms with Crippen molar-refractivity contribution in [2.45, 2.75) is 25.2 Å². The van der Waals surface area contributed by atoms with Crippen LogP contribution in [0.2, 0.25) is 0 Å². The SMILES string of the molecule is CCc1ccc(N(CC(=O)Nc2ccc(C(=O)OC)cc2)S(=O)(=O)c2ccc(C)cc2)cc1. The van der Waals surface area contributed by atoms with Crippen LogP contribution in [0.3, 0.4) is 0 Å². The Kier molecular flexibility index (Phi) is 7.50. The number of anilines is 2. The first-order valence-electron chi connectivity index (χ1n) is 10.4. The van der Waals surface area contributed by atoms with Gasteiger partial charge in [-0.05, 0) is 67.4 Å². The summed E-state index contributed by atoms with van der Waals surface area (Å²) < 4.78 is 32.6. The summed E-state index contributed by atoms with van der Waals surface area (Å²) in [5.74, 6) is -1.00. The summed E-state index contributed by atoms with van der Waals surface area (Å²) in [6.45, 7) is 3.46. The minimum Gasteiger partial charge on any atom is -0.465 e. The lowest BCUT2D eigenvalue weighted by Gasteiger charge is -2.24. The summed E-state index contributed by atoms with van der Waals surface area (Å²) >= 11 is 0. The van der Waals surface area contributed by atoms with Gasteiger partial charge in [-0.15, -0.1) is 0 Å². The molecule has 7 nitrogen and oxygen atoms in total. The number of ether oxygens (including phenoxy) is 1. The third-order valence-corrected chi connectivity index (χ3v) is 6.91. The molecule has 1 amide bonds. The molecule has 0 aliphatic heterocycles. The van der Waals surface area contributed by atoms with Crippen molar-refractivity contribution < 1.29 is 22.7 Å².